The molecule has 1 rings (SSSR count). The molecule has 0 aliphatic carbocycles. The van der Waals surface area contributed by atoms with Crippen LogP contribution in [0.4, 0.5) is 18.0 Å². The van der Waals surface area contributed by atoms with E-state index in [0.29, 0.717) is 6.07 Å². The minimum absolute atomic E-state index is 0.190. The van der Waals surface area contributed by atoms with Gasteiger partial charge in [0.05, 0.1) is 6.04 Å². The molecule has 0 aliphatic heterocycles. The van der Waals surface area contributed by atoms with Crippen molar-refractivity contribution < 1.29 is 27.8 Å². The van der Waals surface area contributed by atoms with Gasteiger partial charge in [0.2, 0.25) is 0 Å². The highest BCUT2D eigenvalue weighted by molar-refractivity contribution is 5.66. The van der Waals surface area contributed by atoms with E-state index in [4.69, 9.17) is 0 Å². The van der Waals surface area contributed by atoms with Crippen LogP contribution >= 0.6 is 0 Å². The third-order valence-electron chi connectivity index (χ3n) is 3.03. The zero-order valence-corrected chi connectivity index (χ0v) is 12.1. The van der Waals surface area contributed by atoms with Crippen LogP contribution in [0.15, 0.2) is 18.3 Å². The summed E-state index contributed by atoms with van der Waals surface area (Å²) in [4.78, 5) is 12.4. The van der Waals surface area contributed by atoms with Gasteiger partial charge >= 0.3 is 12.3 Å². The van der Waals surface area contributed by atoms with Crippen molar-refractivity contribution in [3.8, 4) is 0 Å². The lowest BCUT2D eigenvalue weighted by atomic mass is 10.0. The zero-order chi connectivity index (χ0) is 16.6. The quantitative estimate of drug-likeness (QED) is 0.674. The molecule has 1 atom stereocenters. The van der Waals surface area contributed by atoms with Crippen molar-refractivity contribution in [3.63, 3.8) is 0 Å². The highest BCUT2D eigenvalue weighted by atomic mass is 19.4. The number of hydrogen-bond donors (Lipinski definition) is 1. The van der Waals surface area contributed by atoms with Crippen molar-refractivity contribution in [1.82, 2.24) is 4.90 Å². The molecule has 0 aliphatic rings. The maximum absolute atomic E-state index is 12.5. The highest BCUT2D eigenvalue weighted by Crippen LogP contribution is 2.30. The van der Waals surface area contributed by atoms with E-state index in [1.54, 1.807) is 20.8 Å². The lowest BCUT2D eigenvalue weighted by molar-refractivity contribution is -0.629. The first kappa shape index (κ1) is 17.1. The highest BCUT2D eigenvalue weighted by Gasteiger charge is 2.40. The van der Waals surface area contributed by atoms with Crippen LogP contribution in [-0.4, -0.2) is 21.6 Å². The largest absolute Gasteiger partial charge is 0.618 e. The number of amides is 1. The van der Waals surface area contributed by atoms with E-state index in [-0.39, 0.29) is 10.3 Å². The van der Waals surface area contributed by atoms with Gasteiger partial charge in [0.15, 0.2) is 6.20 Å². The molecular formula is C13H17F3N2O3. The minimum Gasteiger partial charge on any atom is -0.618 e. The predicted molar refractivity (Wildman–Crippen MR) is 68.4 cm³/mol. The first-order valence-electron chi connectivity index (χ1n) is 6.18. The molecule has 0 radical (unpaired) electrons. The number of rotatable bonds is 2. The summed E-state index contributed by atoms with van der Waals surface area (Å²) < 4.78 is 37.3. The van der Waals surface area contributed by atoms with Crippen LogP contribution in [-0.2, 0) is 6.18 Å². The summed E-state index contributed by atoms with van der Waals surface area (Å²) >= 11 is 0. The Morgan fingerprint density at radius 3 is 2.19 bits per heavy atom. The molecule has 0 bridgehead atoms. The van der Waals surface area contributed by atoms with Crippen molar-refractivity contribution in [2.75, 3.05) is 0 Å². The molecule has 5 nitrogen and oxygen atoms in total. The fourth-order valence-corrected chi connectivity index (χ4v) is 2.15. The normalized spacial score (nSPS) is 13.9. The van der Waals surface area contributed by atoms with Gasteiger partial charge in [-0.1, -0.05) is 0 Å². The Hall–Kier alpha value is -1.99. The Morgan fingerprint density at radius 2 is 1.86 bits per heavy atom. The van der Waals surface area contributed by atoms with E-state index in [2.05, 4.69) is 0 Å². The van der Waals surface area contributed by atoms with Gasteiger partial charge in [-0.25, -0.2) is 4.79 Å². The molecular weight excluding hydrogens is 289 g/mol. The number of hydrogen-bond acceptors (Lipinski definition) is 2. The Bertz CT molecular complexity index is 538. The average molecular weight is 306 g/mol. The van der Waals surface area contributed by atoms with Crippen molar-refractivity contribution >= 4 is 6.09 Å². The van der Waals surface area contributed by atoms with E-state index in [0.717, 1.165) is 17.2 Å². The molecule has 0 saturated heterocycles. The summed E-state index contributed by atoms with van der Waals surface area (Å²) in [6.07, 6.45) is -5.21. The van der Waals surface area contributed by atoms with Crippen LogP contribution in [0.3, 0.4) is 0 Å². The average Bonchev–Trinajstić information content (AvgIpc) is 2.24. The molecule has 0 fully saturated rings. The predicted octanol–water partition coefficient (Wildman–Crippen LogP) is 3.18. The monoisotopic (exact) mass is 306 g/mol. The van der Waals surface area contributed by atoms with Crippen molar-refractivity contribution in [2.24, 2.45) is 0 Å². The summed E-state index contributed by atoms with van der Waals surface area (Å²) in [5.41, 5.74) is -1.91. The Kier molecular flexibility index (Phi) is 4.40. The fraction of sp³-hybridized carbons (Fsp3) is 0.538. The van der Waals surface area contributed by atoms with Gasteiger partial charge in [-0.3, -0.25) is 4.90 Å². The zero-order valence-electron chi connectivity index (χ0n) is 12.1. The van der Waals surface area contributed by atoms with Crippen LogP contribution in [0.25, 0.3) is 0 Å². The van der Waals surface area contributed by atoms with E-state index in [1.807, 2.05) is 0 Å². The Labute approximate surface area is 120 Å². The van der Waals surface area contributed by atoms with Gasteiger partial charge in [0, 0.05) is 17.2 Å². The van der Waals surface area contributed by atoms with Crippen LogP contribution in [0, 0.1) is 5.21 Å². The summed E-state index contributed by atoms with van der Waals surface area (Å²) in [6.45, 7) is 6.49. The van der Waals surface area contributed by atoms with Gasteiger partial charge in [0.1, 0.15) is 0 Å². The van der Waals surface area contributed by atoms with Crippen LogP contribution in [0.2, 0.25) is 0 Å². The SMILES string of the molecule is C[C@H](c1ccc(C(F)(F)F)[n+]([O-])c1)N(C(=O)O)C(C)(C)C. The lowest BCUT2D eigenvalue weighted by Crippen LogP contribution is -2.47. The molecule has 118 valence electrons. The molecule has 1 N–H and O–H groups in total. The van der Waals surface area contributed by atoms with Gasteiger partial charge in [0.25, 0.3) is 5.69 Å². The standard InChI is InChI=1S/C13H17F3N2O3/c1-8(18(11(19)20)12(2,3)4)9-5-6-10(13(14,15)16)17(21)7-9/h5-8H,1-4H3,(H,19,20)/t8-/m1/s1. The molecule has 0 saturated carbocycles. The van der Waals surface area contributed by atoms with Gasteiger partial charge < -0.3 is 10.3 Å². The van der Waals surface area contributed by atoms with E-state index in [1.165, 1.54) is 6.92 Å². The van der Waals surface area contributed by atoms with Gasteiger partial charge in [-0.2, -0.15) is 17.9 Å². The Balaban J connectivity index is 3.22. The number of carboxylic acid groups (broad SMARTS) is 1. The van der Waals surface area contributed by atoms with Crippen LogP contribution in [0.5, 0.6) is 0 Å². The van der Waals surface area contributed by atoms with Crippen LogP contribution in [0.1, 0.15) is 45.0 Å². The van der Waals surface area contributed by atoms with Crippen molar-refractivity contribution in [2.45, 2.75) is 45.5 Å². The smallest absolute Gasteiger partial charge is 0.478 e. The molecule has 8 heteroatoms. The van der Waals surface area contributed by atoms with Crippen molar-refractivity contribution in [3.05, 3.63) is 34.8 Å². The molecule has 1 heterocycles. The molecule has 0 aromatic carbocycles. The first-order valence-corrected chi connectivity index (χ1v) is 6.18. The maximum Gasteiger partial charge on any atom is 0.478 e. The Morgan fingerprint density at radius 1 is 1.33 bits per heavy atom. The third-order valence-corrected chi connectivity index (χ3v) is 3.03. The molecule has 1 aromatic rings. The molecule has 0 unspecified atom stereocenters. The molecule has 0 spiro atoms. The summed E-state index contributed by atoms with van der Waals surface area (Å²) in [7, 11) is 0. The number of aromatic nitrogens is 1. The minimum atomic E-state index is -4.75. The second-order valence-corrected chi connectivity index (χ2v) is 5.67. The lowest BCUT2D eigenvalue weighted by Gasteiger charge is -2.37. The number of alkyl halides is 3. The van der Waals surface area contributed by atoms with Gasteiger partial charge in [-0.05, 0) is 33.8 Å². The fourth-order valence-electron chi connectivity index (χ4n) is 2.15. The number of pyridine rings is 1. The topological polar surface area (TPSA) is 67.5 Å². The number of nitrogens with zero attached hydrogens (tertiary/aromatic N) is 2. The van der Waals surface area contributed by atoms with E-state index >= 15 is 0 Å². The molecule has 1 aromatic heterocycles. The van der Waals surface area contributed by atoms with Crippen molar-refractivity contribution in [1.29, 1.82) is 0 Å². The molecule has 21 heavy (non-hydrogen) atoms. The summed E-state index contributed by atoms with van der Waals surface area (Å²) in [5, 5.41) is 20.7. The molecule has 1 amide bonds. The van der Waals surface area contributed by atoms with Crippen LogP contribution < -0.4 is 4.73 Å². The maximum atomic E-state index is 12.5. The number of halogens is 3. The summed E-state index contributed by atoms with van der Waals surface area (Å²) in [6, 6.07) is 1.01. The third kappa shape index (κ3) is 3.77. The first-order chi connectivity index (χ1) is 9.35. The summed E-state index contributed by atoms with van der Waals surface area (Å²) in [5.74, 6) is 0. The van der Waals surface area contributed by atoms with E-state index < -0.39 is 29.5 Å². The second-order valence-electron chi connectivity index (χ2n) is 5.67. The number of carbonyl (C=O) groups is 1. The van der Waals surface area contributed by atoms with Gasteiger partial charge in [-0.15, -0.1) is 0 Å². The second kappa shape index (κ2) is 5.42. The van der Waals surface area contributed by atoms with E-state index in [9.17, 15) is 28.3 Å².